The van der Waals surface area contributed by atoms with Gasteiger partial charge in [-0.1, -0.05) is 0 Å². The van der Waals surface area contributed by atoms with E-state index in [1.165, 1.54) is 0 Å². The number of aliphatic imine (C=N–C) groups is 1. The van der Waals surface area contributed by atoms with Gasteiger partial charge < -0.3 is 76.3 Å². The van der Waals surface area contributed by atoms with Gasteiger partial charge in [0.2, 0.25) is 29.5 Å². The fraction of sp³-hybridized carbons (Fsp3) is 0.600. The maximum atomic E-state index is 13.5. The molecule has 2 aliphatic heterocycles. The van der Waals surface area contributed by atoms with Gasteiger partial charge in [0.15, 0.2) is 5.96 Å². The molecule has 22 nitrogen and oxygen atoms in total. The molecule has 1 saturated heterocycles. The fourth-order valence-electron chi connectivity index (χ4n) is 4.35. The van der Waals surface area contributed by atoms with E-state index in [1.807, 2.05) is 5.32 Å². The average molecular weight is 669 g/mol. The second-order valence-electron chi connectivity index (χ2n) is 10.7. The third-order valence-corrected chi connectivity index (χ3v) is 6.90. The van der Waals surface area contributed by atoms with Crippen molar-refractivity contribution in [1.82, 2.24) is 42.5 Å². The summed E-state index contributed by atoms with van der Waals surface area (Å²) in [5, 5.41) is 28.7. The van der Waals surface area contributed by atoms with Crippen LogP contribution in [0.3, 0.4) is 0 Å². The highest BCUT2D eigenvalue weighted by Gasteiger charge is 2.35. The van der Waals surface area contributed by atoms with Gasteiger partial charge in [-0.2, -0.15) is 0 Å². The molecule has 22 heteroatoms. The Kier molecular flexibility index (Phi) is 15.2. The van der Waals surface area contributed by atoms with Gasteiger partial charge in [-0.15, -0.1) is 0 Å². The molecule has 0 bridgehead atoms. The lowest BCUT2D eigenvalue weighted by atomic mass is 10.0. The number of aliphatic hydroxyl groups excluding tert-OH is 1. The summed E-state index contributed by atoms with van der Waals surface area (Å²) in [6, 6.07) is -8.54. The Morgan fingerprint density at radius 2 is 1.72 bits per heavy atom. The van der Waals surface area contributed by atoms with Crippen LogP contribution in [0.25, 0.3) is 0 Å². The molecule has 2 heterocycles. The molecule has 0 spiro atoms. The SMILES string of the molecule is NCCCC(N)CC(=O)NC[C@@H]1NC(=O)[C@H](CO)NC(=O)[C@@H](N)CNC(=O)[C@H]([C@H]2CCN=C(N)N2)NC(=O)/C(=C\NC(N)=O)NC1=O. The van der Waals surface area contributed by atoms with E-state index in [0.29, 0.717) is 19.4 Å². The molecule has 262 valence electrons. The average Bonchev–Trinajstić information content (AvgIpc) is 3.02. The molecule has 0 aromatic rings. The van der Waals surface area contributed by atoms with E-state index in [1.54, 1.807) is 0 Å². The van der Waals surface area contributed by atoms with E-state index >= 15 is 0 Å². The predicted molar refractivity (Wildman–Crippen MR) is 165 cm³/mol. The molecule has 1 fully saturated rings. The number of hydrogen-bond donors (Lipinski definition) is 14. The number of primary amides is 1. The van der Waals surface area contributed by atoms with Crippen molar-refractivity contribution in [2.75, 3.05) is 32.8 Å². The van der Waals surface area contributed by atoms with Crippen LogP contribution in [0.1, 0.15) is 25.7 Å². The topological polar surface area (TPSA) is 378 Å². The summed E-state index contributed by atoms with van der Waals surface area (Å²) in [5.74, 6) is -5.62. The number of rotatable bonds is 10. The first-order valence-corrected chi connectivity index (χ1v) is 14.7. The first-order chi connectivity index (χ1) is 22.2. The molecular weight excluding hydrogens is 624 g/mol. The first kappa shape index (κ1) is 38.1. The maximum Gasteiger partial charge on any atom is 0.316 e. The van der Waals surface area contributed by atoms with Crippen LogP contribution in [0.15, 0.2) is 16.9 Å². The minimum Gasteiger partial charge on any atom is -0.394 e. The Bertz CT molecular complexity index is 1240. The Hall–Kier alpha value is -5.06. The van der Waals surface area contributed by atoms with Crippen LogP contribution in [0, 0.1) is 0 Å². The van der Waals surface area contributed by atoms with Crippen LogP contribution < -0.4 is 71.2 Å². The van der Waals surface area contributed by atoms with Crippen LogP contribution in [-0.2, 0) is 28.8 Å². The lowest BCUT2D eigenvalue weighted by molar-refractivity contribution is -0.134. The number of amides is 8. The van der Waals surface area contributed by atoms with Gasteiger partial charge in [0.05, 0.1) is 12.6 Å². The van der Waals surface area contributed by atoms with E-state index in [9.17, 15) is 38.7 Å². The number of guanidine groups is 1. The number of nitrogens with zero attached hydrogens (tertiary/aromatic N) is 1. The van der Waals surface area contributed by atoms with Crippen LogP contribution in [0.5, 0.6) is 0 Å². The van der Waals surface area contributed by atoms with Gasteiger partial charge in [0.1, 0.15) is 29.9 Å². The molecule has 0 radical (unpaired) electrons. The summed E-state index contributed by atoms with van der Waals surface area (Å²) >= 11 is 0. The van der Waals surface area contributed by atoms with Crippen molar-refractivity contribution in [3.63, 3.8) is 0 Å². The molecule has 1 unspecified atom stereocenters. The van der Waals surface area contributed by atoms with Crippen molar-refractivity contribution in [3.05, 3.63) is 11.9 Å². The van der Waals surface area contributed by atoms with Gasteiger partial charge in [0, 0.05) is 38.3 Å². The van der Waals surface area contributed by atoms with Gasteiger partial charge in [-0.25, -0.2) is 4.79 Å². The van der Waals surface area contributed by atoms with Crippen LogP contribution in [-0.4, -0.2) is 122 Å². The van der Waals surface area contributed by atoms with E-state index in [4.69, 9.17) is 28.7 Å². The first-order valence-electron chi connectivity index (χ1n) is 14.7. The van der Waals surface area contributed by atoms with E-state index in [2.05, 4.69) is 42.2 Å². The van der Waals surface area contributed by atoms with Gasteiger partial charge in [-0.3, -0.25) is 33.8 Å². The van der Waals surface area contributed by atoms with Gasteiger partial charge in [0.25, 0.3) is 5.91 Å². The molecule has 6 atom stereocenters. The Morgan fingerprint density at radius 3 is 2.36 bits per heavy atom. The Labute approximate surface area is 269 Å². The molecule has 19 N–H and O–H groups in total. The van der Waals surface area contributed by atoms with Crippen molar-refractivity contribution in [1.29, 1.82) is 0 Å². The summed E-state index contributed by atoms with van der Waals surface area (Å²) in [5.41, 5.74) is 27.6. The Balaban J connectivity index is 2.45. The molecular formula is C25H44N14O8. The summed E-state index contributed by atoms with van der Waals surface area (Å²) in [6.07, 6.45) is 1.86. The summed E-state index contributed by atoms with van der Waals surface area (Å²) in [4.78, 5) is 93.9. The standard InChI is InChI=1S/C25H44N14O8/c26-4-1-2-11(27)6-17(41)32-8-14-20(43)35-15(9-34-25(30)47)21(44)39-18(13-3-5-31-24(29)38-13)23(46)33-7-12(28)19(42)37-16(10-40)22(45)36-14/h9,11-14,16,18,40H,1-8,10,26-28H2,(H,32,41)(H,33,46)(H,35,43)(H,36,45)(H,37,42)(H,39,44)(H3,29,31,38)(H3,30,34,47)/b15-9+/t11?,12-,13+,14-,16-,18-/m0/s1. The number of nitrogens with one attached hydrogen (secondary N) is 8. The quantitative estimate of drug-likeness (QED) is 0.0963. The smallest absolute Gasteiger partial charge is 0.316 e. The van der Waals surface area contributed by atoms with Crippen molar-refractivity contribution in [3.8, 4) is 0 Å². The second kappa shape index (κ2) is 18.8. The molecule has 2 rings (SSSR count). The van der Waals surface area contributed by atoms with E-state index < -0.39 is 103 Å². The minimum absolute atomic E-state index is 0.0120. The van der Waals surface area contributed by atoms with Gasteiger partial charge >= 0.3 is 6.03 Å². The molecule has 2 aliphatic rings. The highest BCUT2D eigenvalue weighted by molar-refractivity contribution is 6.02. The molecule has 0 aliphatic carbocycles. The second-order valence-corrected chi connectivity index (χ2v) is 10.7. The molecule has 0 aromatic heterocycles. The third kappa shape index (κ3) is 12.7. The highest BCUT2D eigenvalue weighted by atomic mass is 16.3. The number of carbonyl (C=O) groups excluding carboxylic acids is 7. The lowest BCUT2D eigenvalue weighted by Gasteiger charge is -2.31. The van der Waals surface area contributed by atoms with Crippen molar-refractivity contribution in [2.24, 2.45) is 33.7 Å². The van der Waals surface area contributed by atoms with Crippen molar-refractivity contribution in [2.45, 2.75) is 61.9 Å². The zero-order valence-corrected chi connectivity index (χ0v) is 25.5. The minimum atomic E-state index is -1.63. The summed E-state index contributed by atoms with van der Waals surface area (Å²) < 4.78 is 0. The molecule has 8 amide bonds. The zero-order chi connectivity index (χ0) is 35.1. The normalized spacial score (nSPS) is 26.3. The number of nitrogens with two attached hydrogens (primary N) is 5. The van der Waals surface area contributed by atoms with Gasteiger partial charge in [-0.05, 0) is 25.8 Å². The maximum absolute atomic E-state index is 13.5. The van der Waals surface area contributed by atoms with Crippen molar-refractivity contribution >= 4 is 47.4 Å². The summed E-state index contributed by atoms with van der Waals surface area (Å²) in [6.45, 7) is -1.36. The molecule has 0 aromatic carbocycles. The van der Waals surface area contributed by atoms with E-state index in [0.717, 1.165) is 6.20 Å². The predicted octanol–water partition coefficient (Wildman–Crippen LogP) is -8.23. The lowest BCUT2D eigenvalue weighted by Crippen LogP contribution is -2.64. The Morgan fingerprint density at radius 1 is 1.02 bits per heavy atom. The van der Waals surface area contributed by atoms with Crippen LogP contribution in [0.2, 0.25) is 0 Å². The van der Waals surface area contributed by atoms with Crippen LogP contribution >= 0.6 is 0 Å². The largest absolute Gasteiger partial charge is 0.394 e. The summed E-state index contributed by atoms with van der Waals surface area (Å²) in [7, 11) is 0. The molecule has 0 saturated carbocycles. The number of hydrogen-bond acceptors (Lipinski definition) is 14. The van der Waals surface area contributed by atoms with Crippen LogP contribution in [0.4, 0.5) is 4.79 Å². The third-order valence-electron chi connectivity index (χ3n) is 6.90. The monoisotopic (exact) mass is 668 g/mol. The van der Waals surface area contributed by atoms with Crippen molar-refractivity contribution < 1.29 is 38.7 Å². The number of urea groups is 1. The highest BCUT2D eigenvalue weighted by Crippen LogP contribution is 2.07. The zero-order valence-electron chi connectivity index (χ0n) is 25.5. The number of aliphatic hydroxyl groups is 1. The van der Waals surface area contributed by atoms with E-state index in [-0.39, 0.29) is 25.3 Å². The molecule has 47 heavy (non-hydrogen) atoms. The fourth-order valence-corrected chi connectivity index (χ4v) is 4.35. The number of carbonyl (C=O) groups is 7.